The molecule has 2 nitrogen and oxygen atoms in total. The lowest BCUT2D eigenvalue weighted by Gasteiger charge is -2.16. The van der Waals surface area contributed by atoms with Gasteiger partial charge in [0, 0.05) is 10.1 Å². The fraction of sp³-hybridized carbons (Fsp3) is 0.188. The average molecular weight is 272 g/mol. The topological polar surface area (TPSA) is 37.3 Å². The van der Waals surface area contributed by atoms with Gasteiger partial charge in [-0.05, 0) is 24.1 Å². The van der Waals surface area contributed by atoms with Crippen molar-refractivity contribution in [3.8, 4) is 0 Å². The van der Waals surface area contributed by atoms with Crippen LogP contribution in [-0.2, 0) is 4.79 Å². The monoisotopic (exact) mass is 272 g/mol. The molecule has 2 rings (SSSR count). The van der Waals surface area contributed by atoms with Crippen molar-refractivity contribution in [2.24, 2.45) is 0 Å². The summed E-state index contributed by atoms with van der Waals surface area (Å²) in [5.41, 5.74) is 2.23. The van der Waals surface area contributed by atoms with Gasteiger partial charge in [0.1, 0.15) is 0 Å². The van der Waals surface area contributed by atoms with Crippen molar-refractivity contribution in [1.29, 1.82) is 0 Å². The third kappa shape index (κ3) is 3.86. The number of carbonyl (C=O) groups is 1. The van der Waals surface area contributed by atoms with Crippen LogP contribution in [0, 0.1) is 6.92 Å². The Bertz CT molecular complexity index is 552. The van der Waals surface area contributed by atoms with Crippen molar-refractivity contribution in [2.45, 2.75) is 23.5 Å². The summed E-state index contributed by atoms with van der Waals surface area (Å²) in [6.07, 6.45) is 0.128. The molecule has 19 heavy (non-hydrogen) atoms. The summed E-state index contributed by atoms with van der Waals surface area (Å²) in [6.45, 7) is 2.05. The van der Waals surface area contributed by atoms with Gasteiger partial charge in [0.05, 0.1) is 6.42 Å². The van der Waals surface area contributed by atoms with Gasteiger partial charge in [-0.15, -0.1) is 11.8 Å². The number of rotatable bonds is 5. The van der Waals surface area contributed by atoms with Crippen LogP contribution in [-0.4, -0.2) is 11.1 Å². The predicted molar refractivity (Wildman–Crippen MR) is 78.5 cm³/mol. The van der Waals surface area contributed by atoms with Crippen molar-refractivity contribution in [2.75, 3.05) is 0 Å². The quantitative estimate of drug-likeness (QED) is 0.824. The van der Waals surface area contributed by atoms with E-state index < -0.39 is 5.97 Å². The molecule has 0 saturated carbocycles. The summed E-state index contributed by atoms with van der Waals surface area (Å²) in [6, 6.07) is 17.9. The first-order valence-electron chi connectivity index (χ1n) is 6.16. The zero-order valence-electron chi connectivity index (χ0n) is 10.7. The molecular formula is C16H16O2S. The van der Waals surface area contributed by atoms with E-state index in [1.54, 1.807) is 11.8 Å². The summed E-state index contributed by atoms with van der Waals surface area (Å²) < 4.78 is 0. The number of benzene rings is 2. The van der Waals surface area contributed by atoms with Crippen LogP contribution in [0.15, 0.2) is 59.5 Å². The molecule has 0 saturated heterocycles. The van der Waals surface area contributed by atoms with Crippen LogP contribution in [0.25, 0.3) is 0 Å². The molecule has 0 amide bonds. The van der Waals surface area contributed by atoms with E-state index in [0.717, 1.165) is 10.5 Å². The number of carboxylic acids is 1. The van der Waals surface area contributed by atoms with E-state index in [0.29, 0.717) is 0 Å². The molecule has 1 N–H and O–H groups in total. The lowest BCUT2D eigenvalue weighted by molar-refractivity contribution is -0.137. The van der Waals surface area contributed by atoms with E-state index in [1.807, 2.05) is 61.5 Å². The zero-order valence-corrected chi connectivity index (χ0v) is 11.6. The number of aryl methyl sites for hydroxylation is 1. The molecule has 0 aliphatic heterocycles. The van der Waals surface area contributed by atoms with Gasteiger partial charge in [0.2, 0.25) is 0 Å². The molecule has 0 fully saturated rings. The zero-order chi connectivity index (χ0) is 13.7. The smallest absolute Gasteiger partial charge is 0.304 e. The maximum Gasteiger partial charge on any atom is 0.304 e. The van der Waals surface area contributed by atoms with Gasteiger partial charge in [0.25, 0.3) is 0 Å². The molecule has 0 radical (unpaired) electrons. The number of hydrogen-bond acceptors (Lipinski definition) is 2. The second kappa shape index (κ2) is 6.43. The molecule has 0 heterocycles. The lowest BCUT2D eigenvalue weighted by Crippen LogP contribution is -2.03. The summed E-state index contributed by atoms with van der Waals surface area (Å²) in [4.78, 5) is 12.2. The third-order valence-electron chi connectivity index (χ3n) is 2.89. The Morgan fingerprint density at radius 1 is 1.11 bits per heavy atom. The van der Waals surface area contributed by atoms with Gasteiger partial charge in [-0.1, -0.05) is 48.5 Å². The van der Waals surface area contributed by atoms with Gasteiger partial charge < -0.3 is 5.11 Å². The normalized spacial score (nSPS) is 12.1. The van der Waals surface area contributed by atoms with E-state index in [-0.39, 0.29) is 11.7 Å². The maximum atomic E-state index is 11.0. The first-order valence-corrected chi connectivity index (χ1v) is 7.04. The first kappa shape index (κ1) is 13.7. The molecule has 2 aromatic carbocycles. The summed E-state index contributed by atoms with van der Waals surface area (Å²) >= 11 is 1.62. The van der Waals surface area contributed by atoms with Crippen LogP contribution in [0.2, 0.25) is 0 Å². The molecule has 1 atom stereocenters. The van der Waals surface area contributed by atoms with Crippen LogP contribution in [0.5, 0.6) is 0 Å². The molecule has 98 valence electrons. The molecule has 0 aliphatic carbocycles. The highest BCUT2D eigenvalue weighted by atomic mass is 32.2. The Kier molecular flexibility index (Phi) is 4.63. The van der Waals surface area contributed by atoms with Gasteiger partial charge in [-0.3, -0.25) is 4.79 Å². The van der Waals surface area contributed by atoms with Crippen LogP contribution >= 0.6 is 11.8 Å². The van der Waals surface area contributed by atoms with Crippen molar-refractivity contribution in [1.82, 2.24) is 0 Å². The highest BCUT2D eigenvalue weighted by molar-refractivity contribution is 7.99. The first-order chi connectivity index (χ1) is 9.16. The Morgan fingerprint density at radius 3 is 2.37 bits per heavy atom. The molecule has 3 heteroatoms. The van der Waals surface area contributed by atoms with E-state index in [9.17, 15) is 4.79 Å². The fourth-order valence-corrected chi connectivity index (χ4v) is 3.13. The highest BCUT2D eigenvalue weighted by Gasteiger charge is 2.17. The van der Waals surface area contributed by atoms with Gasteiger partial charge >= 0.3 is 5.97 Å². The van der Waals surface area contributed by atoms with Crippen molar-refractivity contribution < 1.29 is 9.90 Å². The van der Waals surface area contributed by atoms with Crippen molar-refractivity contribution >= 4 is 17.7 Å². The molecule has 0 aliphatic rings. The molecule has 0 aromatic heterocycles. The third-order valence-corrected chi connectivity index (χ3v) is 4.33. The van der Waals surface area contributed by atoms with Gasteiger partial charge in [-0.2, -0.15) is 0 Å². The van der Waals surface area contributed by atoms with Gasteiger partial charge in [0.15, 0.2) is 0 Å². The van der Waals surface area contributed by atoms with E-state index in [2.05, 4.69) is 0 Å². The molecule has 1 unspecified atom stereocenters. The molecule has 0 bridgehead atoms. The minimum absolute atomic E-state index is 0.0557. The minimum atomic E-state index is -0.769. The predicted octanol–water partition coefficient (Wildman–Crippen LogP) is 4.30. The van der Waals surface area contributed by atoms with E-state index in [4.69, 9.17) is 5.11 Å². The summed E-state index contributed by atoms with van der Waals surface area (Å²) in [5.74, 6) is -0.769. The molecular weight excluding hydrogens is 256 g/mol. The average Bonchev–Trinajstić information content (AvgIpc) is 2.41. The van der Waals surface area contributed by atoms with Crippen molar-refractivity contribution in [3.63, 3.8) is 0 Å². The summed E-state index contributed by atoms with van der Waals surface area (Å²) in [7, 11) is 0. The number of aliphatic carboxylic acids is 1. The Balaban J connectivity index is 2.24. The number of thioether (sulfide) groups is 1. The lowest BCUT2D eigenvalue weighted by atomic mass is 10.1. The van der Waals surface area contributed by atoms with Crippen LogP contribution in [0.3, 0.4) is 0 Å². The van der Waals surface area contributed by atoms with Crippen LogP contribution in [0.1, 0.15) is 22.8 Å². The Morgan fingerprint density at radius 2 is 1.74 bits per heavy atom. The van der Waals surface area contributed by atoms with Gasteiger partial charge in [-0.25, -0.2) is 0 Å². The fourth-order valence-electron chi connectivity index (χ4n) is 1.90. The van der Waals surface area contributed by atoms with Crippen LogP contribution in [0.4, 0.5) is 0 Å². The number of hydrogen-bond donors (Lipinski definition) is 1. The molecule has 0 spiro atoms. The second-order valence-corrected chi connectivity index (χ2v) is 5.63. The van der Waals surface area contributed by atoms with E-state index in [1.165, 1.54) is 5.56 Å². The SMILES string of the molecule is Cc1ccccc1SC(CC(=O)O)c1ccccc1. The molecule has 2 aromatic rings. The summed E-state index contributed by atoms with van der Waals surface area (Å²) in [5, 5.41) is 9.02. The van der Waals surface area contributed by atoms with Crippen LogP contribution < -0.4 is 0 Å². The van der Waals surface area contributed by atoms with E-state index >= 15 is 0 Å². The minimum Gasteiger partial charge on any atom is -0.481 e. The standard InChI is InChI=1S/C16H16O2S/c1-12-7-5-6-10-14(12)19-15(11-16(17)18)13-8-3-2-4-9-13/h2-10,15H,11H2,1H3,(H,17,18). The number of carboxylic acid groups (broad SMARTS) is 1. The highest BCUT2D eigenvalue weighted by Crippen LogP contribution is 2.38. The maximum absolute atomic E-state index is 11.0. The van der Waals surface area contributed by atoms with Crippen molar-refractivity contribution in [3.05, 3.63) is 65.7 Å². The Labute approximate surface area is 117 Å². The largest absolute Gasteiger partial charge is 0.481 e. The Hall–Kier alpha value is -1.74. The second-order valence-electron chi connectivity index (χ2n) is 4.38.